The molecule has 0 bridgehead atoms. The number of amides is 1. The number of nitrogens with one attached hydrogen (secondary N) is 1. The summed E-state index contributed by atoms with van der Waals surface area (Å²) in [5, 5.41) is 3.51. The van der Waals surface area contributed by atoms with Crippen molar-refractivity contribution >= 4 is 22.7 Å². The molecule has 1 fully saturated rings. The summed E-state index contributed by atoms with van der Waals surface area (Å²) in [6.07, 6.45) is -3.07. The number of halogens is 4. The van der Waals surface area contributed by atoms with Gasteiger partial charge in [0.1, 0.15) is 23.0 Å². The molecule has 0 spiro atoms. The van der Waals surface area contributed by atoms with Crippen molar-refractivity contribution in [3.05, 3.63) is 59.7 Å². The van der Waals surface area contributed by atoms with Gasteiger partial charge in [-0.1, -0.05) is 0 Å². The second kappa shape index (κ2) is 7.62. The molecule has 5 nitrogen and oxygen atoms in total. The molecule has 3 aromatic rings. The Morgan fingerprint density at radius 1 is 1.27 bits per heavy atom. The third-order valence-electron chi connectivity index (χ3n) is 5.24. The van der Waals surface area contributed by atoms with Crippen LogP contribution in [0.3, 0.4) is 0 Å². The van der Waals surface area contributed by atoms with Gasteiger partial charge in [-0.15, -0.1) is 0 Å². The normalized spacial score (nSPS) is 18.0. The number of carbonyl (C=O) groups is 1. The number of furan rings is 1. The van der Waals surface area contributed by atoms with E-state index in [2.05, 4.69) is 10.3 Å². The highest BCUT2D eigenvalue weighted by Crippen LogP contribution is 2.31. The molecule has 3 heterocycles. The highest BCUT2D eigenvalue weighted by Gasteiger charge is 2.33. The zero-order chi connectivity index (χ0) is 21.5. The Labute approximate surface area is 169 Å². The summed E-state index contributed by atoms with van der Waals surface area (Å²) in [5.74, 6) is 0.0604. The lowest BCUT2D eigenvalue weighted by atomic mass is 10.1. The minimum atomic E-state index is -4.43. The van der Waals surface area contributed by atoms with Gasteiger partial charge in [-0.05, 0) is 49.7 Å². The van der Waals surface area contributed by atoms with Crippen molar-refractivity contribution in [2.24, 2.45) is 5.92 Å². The summed E-state index contributed by atoms with van der Waals surface area (Å²) >= 11 is 0. The minimum absolute atomic E-state index is 0.177. The van der Waals surface area contributed by atoms with Crippen LogP contribution in [0.15, 0.2) is 47.0 Å². The van der Waals surface area contributed by atoms with Crippen LogP contribution >= 0.6 is 0 Å². The molecule has 1 amide bonds. The van der Waals surface area contributed by atoms with Gasteiger partial charge in [0.15, 0.2) is 0 Å². The van der Waals surface area contributed by atoms with Crippen molar-refractivity contribution in [1.29, 1.82) is 0 Å². The monoisotopic (exact) mass is 421 g/mol. The maximum Gasteiger partial charge on any atom is 0.417 e. The molecule has 9 heteroatoms. The Morgan fingerprint density at radius 2 is 2.07 bits per heavy atom. The quantitative estimate of drug-likeness (QED) is 0.621. The second-order valence-corrected chi connectivity index (χ2v) is 7.40. The molecule has 0 radical (unpaired) electrons. The summed E-state index contributed by atoms with van der Waals surface area (Å²) in [7, 11) is 0. The minimum Gasteiger partial charge on any atom is -0.459 e. The lowest BCUT2D eigenvalue weighted by Crippen LogP contribution is -2.34. The number of rotatable bonds is 4. The van der Waals surface area contributed by atoms with E-state index in [0.717, 1.165) is 12.3 Å². The molecule has 1 aromatic carbocycles. The number of benzene rings is 1. The molecular formula is C21H19F4N3O2. The van der Waals surface area contributed by atoms with Crippen molar-refractivity contribution in [1.82, 2.24) is 10.3 Å². The van der Waals surface area contributed by atoms with Crippen LogP contribution in [-0.2, 0) is 11.0 Å². The standard InChI is InChI=1S/C21H19F4N3O2/c1-12(18-9-14-8-16(22)3-4-17(14)30-18)27-20(29)13-6-7-28(11-13)19-5-2-15(10-26-19)21(23,24)25/h2-5,8-10,12-13H,6-7,11H2,1H3,(H,27,29)/t12-,13-/m1/s1. The molecule has 1 aliphatic rings. The van der Waals surface area contributed by atoms with E-state index in [9.17, 15) is 22.4 Å². The summed E-state index contributed by atoms with van der Waals surface area (Å²) in [5.41, 5.74) is -0.271. The summed E-state index contributed by atoms with van der Waals surface area (Å²) in [6, 6.07) is 7.79. The van der Waals surface area contributed by atoms with Crippen molar-refractivity contribution < 1.29 is 26.8 Å². The molecule has 4 rings (SSSR count). The Morgan fingerprint density at radius 3 is 2.77 bits per heavy atom. The number of hydrogen-bond acceptors (Lipinski definition) is 4. The summed E-state index contributed by atoms with van der Waals surface area (Å²) in [4.78, 5) is 18.3. The number of carbonyl (C=O) groups excluding carboxylic acids is 1. The number of anilines is 1. The zero-order valence-corrected chi connectivity index (χ0v) is 16.0. The van der Waals surface area contributed by atoms with Crippen LogP contribution in [0.4, 0.5) is 23.4 Å². The number of pyridine rings is 1. The van der Waals surface area contributed by atoms with Crippen LogP contribution in [0.1, 0.15) is 30.7 Å². The topological polar surface area (TPSA) is 58.4 Å². The molecule has 1 N–H and O–H groups in total. The highest BCUT2D eigenvalue weighted by molar-refractivity contribution is 5.81. The molecule has 0 aliphatic carbocycles. The van der Waals surface area contributed by atoms with Gasteiger partial charge in [0.05, 0.1) is 17.5 Å². The van der Waals surface area contributed by atoms with Gasteiger partial charge in [-0.25, -0.2) is 9.37 Å². The van der Waals surface area contributed by atoms with Crippen LogP contribution < -0.4 is 10.2 Å². The van der Waals surface area contributed by atoms with E-state index in [1.165, 1.54) is 24.3 Å². The maximum atomic E-state index is 13.3. The zero-order valence-electron chi connectivity index (χ0n) is 16.0. The average molecular weight is 421 g/mol. The van der Waals surface area contributed by atoms with Crippen molar-refractivity contribution in [3.8, 4) is 0 Å². The Bertz CT molecular complexity index is 1060. The van der Waals surface area contributed by atoms with Crippen LogP contribution in [0.5, 0.6) is 0 Å². The van der Waals surface area contributed by atoms with E-state index < -0.39 is 17.8 Å². The third kappa shape index (κ3) is 4.10. The molecule has 1 saturated heterocycles. The van der Waals surface area contributed by atoms with Crippen LogP contribution in [0.25, 0.3) is 11.0 Å². The molecule has 2 atom stereocenters. The summed E-state index contributed by atoms with van der Waals surface area (Å²) in [6.45, 7) is 2.66. The van der Waals surface area contributed by atoms with Crippen molar-refractivity contribution in [2.75, 3.05) is 18.0 Å². The summed E-state index contributed by atoms with van der Waals surface area (Å²) < 4.78 is 57.1. The first-order chi connectivity index (χ1) is 14.2. The van der Waals surface area contributed by atoms with Crippen LogP contribution in [0, 0.1) is 11.7 Å². The Balaban J connectivity index is 1.38. The smallest absolute Gasteiger partial charge is 0.417 e. The first-order valence-corrected chi connectivity index (χ1v) is 9.48. The highest BCUT2D eigenvalue weighted by atomic mass is 19.4. The molecule has 0 saturated carbocycles. The van der Waals surface area contributed by atoms with Crippen LogP contribution in [-0.4, -0.2) is 24.0 Å². The predicted molar refractivity (Wildman–Crippen MR) is 102 cm³/mol. The average Bonchev–Trinajstić information content (AvgIpc) is 3.34. The van der Waals surface area contributed by atoms with Gasteiger partial charge in [-0.2, -0.15) is 13.2 Å². The van der Waals surface area contributed by atoms with Gasteiger partial charge in [0, 0.05) is 24.7 Å². The third-order valence-corrected chi connectivity index (χ3v) is 5.24. The van der Waals surface area contributed by atoms with Gasteiger partial charge in [0.25, 0.3) is 0 Å². The molecule has 30 heavy (non-hydrogen) atoms. The van der Waals surface area contributed by atoms with E-state index in [4.69, 9.17) is 4.42 Å². The lowest BCUT2D eigenvalue weighted by molar-refractivity contribution is -0.137. The fraction of sp³-hybridized carbons (Fsp3) is 0.333. The number of nitrogens with zero attached hydrogens (tertiary/aromatic N) is 2. The van der Waals surface area contributed by atoms with E-state index in [1.54, 1.807) is 17.9 Å². The lowest BCUT2D eigenvalue weighted by Gasteiger charge is -2.19. The van der Waals surface area contributed by atoms with Gasteiger partial charge in [0.2, 0.25) is 5.91 Å². The fourth-order valence-electron chi connectivity index (χ4n) is 3.57. The van der Waals surface area contributed by atoms with Gasteiger partial charge in [-0.3, -0.25) is 4.79 Å². The first kappa shape index (κ1) is 20.2. The van der Waals surface area contributed by atoms with E-state index in [-0.39, 0.29) is 17.6 Å². The molecule has 2 aromatic heterocycles. The fourth-order valence-corrected chi connectivity index (χ4v) is 3.57. The Hall–Kier alpha value is -3.10. The molecule has 1 aliphatic heterocycles. The van der Waals surface area contributed by atoms with E-state index in [0.29, 0.717) is 42.1 Å². The Kier molecular flexibility index (Phi) is 5.13. The number of aromatic nitrogens is 1. The number of hydrogen-bond donors (Lipinski definition) is 1. The number of fused-ring (bicyclic) bond motifs is 1. The van der Waals surface area contributed by atoms with Gasteiger partial charge >= 0.3 is 6.18 Å². The SMILES string of the molecule is C[C@@H](NC(=O)[C@@H]1CCN(c2ccc(C(F)(F)F)cn2)C1)c1cc2cc(F)ccc2o1. The van der Waals surface area contributed by atoms with Crippen molar-refractivity contribution in [2.45, 2.75) is 25.6 Å². The predicted octanol–water partition coefficient (Wildman–Crippen LogP) is 4.69. The van der Waals surface area contributed by atoms with E-state index >= 15 is 0 Å². The van der Waals surface area contributed by atoms with Crippen molar-refractivity contribution in [3.63, 3.8) is 0 Å². The van der Waals surface area contributed by atoms with Gasteiger partial charge < -0.3 is 14.6 Å². The number of alkyl halides is 3. The molecule has 0 unspecified atom stereocenters. The maximum absolute atomic E-state index is 13.3. The van der Waals surface area contributed by atoms with Crippen LogP contribution in [0.2, 0.25) is 0 Å². The molecule has 158 valence electrons. The van der Waals surface area contributed by atoms with E-state index in [1.807, 2.05) is 0 Å². The molecular weight excluding hydrogens is 402 g/mol. The largest absolute Gasteiger partial charge is 0.459 e. The first-order valence-electron chi connectivity index (χ1n) is 9.48. The second-order valence-electron chi connectivity index (χ2n) is 7.40.